The fourth-order valence-corrected chi connectivity index (χ4v) is 4.33. The van der Waals surface area contributed by atoms with E-state index in [0.29, 0.717) is 34.3 Å². The molecule has 0 aliphatic carbocycles. The fraction of sp³-hybridized carbons (Fsp3) is 0.0667. The molecule has 39 heavy (non-hydrogen) atoms. The molecule has 2 heterocycles. The smallest absolute Gasteiger partial charge is 0.255 e. The second-order valence-electron chi connectivity index (χ2n) is 8.77. The van der Waals surface area contributed by atoms with Gasteiger partial charge in [-0.05, 0) is 66.7 Å². The van der Waals surface area contributed by atoms with Crippen LogP contribution < -0.4 is 20.1 Å². The van der Waals surface area contributed by atoms with Gasteiger partial charge >= 0.3 is 0 Å². The largest absolute Gasteiger partial charge is 0.497 e. The van der Waals surface area contributed by atoms with Crippen molar-refractivity contribution in [2.45, 2.75) is 0 Å². The van der Waals surface area contributed by atoms with Gasteiger partial charge in [-0.3, -0.25) is 4.79 Å². The van der Waals surface area contributed by atoms with Crippen LogP contribution in [0.25, 0.3) is 27.8 Å². The number of methoxy groups -OCH3 is 2. The van der Waals surface area contributed by atoms with Crippen molar-refractivity contribution < 1.29 is 14.3 Å². The molecule has 1 amide bonds. The standard InChI is InChI=1S/C30H24N6O3/c1-38-23-16-10-19(11-17-23)28-33-34-29-26-9-4-3-8-25(26)27(35-36(28)29)31-21-12-14-22(15-13-21)32-30(37)20-6-5-7-24(18-20)39-2/h3-18H,1-2H3,(H,31,35)(H,32,37). The number of aromatic nitrogens is 4. The fourth-order valence-electron chi connectivity index (χ4n) is 4.33. The normalized spacial score (nSPS) is 10.9. The molecule has 2 N–H and O–H groups in total. The van der Waals surface area contributed by atoms with Crippen LogP contribution in [0.1, 0.15) is 10.4 Å². The van der Waals surface area contributed by atoms with Gasteiger partial charge in [0.05, 0.1) is 14.2 Å². The van der Waals surface area contributed by atoms with Crippen molar-refractivity contribution in [3.8, 4) is 22.9 Å². The van der Waals surface area contributed by atoms with E-state index in [1.807, 2.05) is 72.8 Å². The zero-order chi connectivity index (χ0) is 26.8. The Bertz CT molecular complexity index is 1800. The molecule has 6 aromatic rings. The zero-order valence-electron chi connectivity index (χ0n) is 21.3. The van der Waals surface area contributed by atoms with Crippen LogP contribution in [-0.4, -0.2) is 39.9 Å². The highest BCUT2D eigenvalue weighted by Crippen LogP contribution is 2.30. The van der Waals surface area contributed by atoms with E-state index in [-0.39, 0.29) is 5.91 Å². The molecule has 0 unspecified atom stereocenters. The maximum Gasteiger partial charge on any atom is 0.255 e. The molecule has 0 saturated heterocycles. The average Bonchev–Trinajstić information content (AvgIpc) is 3.42. The molecule has 6 rings (SSSR count). The molecule has 0 saturated carbocycles. The van der Waals surface area contributed by atoms with Crippen molar-refractivity contribution in [2.75, 3.05) is 24.9 Å². The van der Waals surface area contributed by atoms with E-state index in [4.69, 9.17) is 14.6 Å². The molecule has 0 aliphatic rings. The Hall–Kier alpha value is -5.44. The second-order valence-corrected chi connectivity index (χ2v) is 8.77. The quantitative estimate of drug-likeness (QED) is 0.270. The molecule has 9 nitrogen and oxygen atoms in total. The maximum absolute atomic E-state index is 12.7. The predicted octanol–water partition coefficient (Wildman–Crippen LogP) is 5.96. The summed E-state index contributed by atoms with van der Waals surface area (Å²) in [7, 11) is 3.20. The SMILES string of the molecule is COc1ccc(-c2nnc3c4ccccc4c(Nc4ccc(NC(=O)c5cccc(OC)c5)cc4)nn23)cc1. The Labute approximate surface area is 224 Å². The van der Waals surface area contributed by atoms with E-state index in [9.17, 15) is 4.79 Å². The van der Waals surface area contributed by atoms with E-state index in [1.165, 1.54) is 0 Å². The van der Waals surface area contributed by atoms with Crippen molar-refractivity contribution in [1.29, 1.82) is 0 Å². The first kappa shape index (κ1) is 23.9. The summed E-state index contributed by atoms with van der Waals surface area (Å²) in [4.78, 5) is 12.7. The summed E-state index contributed by atoms with van der Waals surface area (Å²) in [5, 5.41) is 21.9. The number of rotatable bonds is 7. The summed E-state index contributed by atoms with van der Waals surface area (Å²) in [5.74, 6) is 2.45. The van der Waals surface area contributed by atoms with Gasteiger partial charge in [0.15, 0.2) is 17.3 Å². The monoisotopic (exact) mass is 516 g/mol. The van der Waals surface area contributed by atoms with E-state index in [2.05, 4.69) is 20.8 Å². The van der Waals surface area contributed by atoms with E-state index < -0.39 is 0 Å². The van der Waals surface area contributed by atoms with Gasteiger partial charge in [0.1, 0.15) is 11.5 Å². The third kappa shape index (κ3) is 4.69. The van der Waals surface area contributed by atoms with Gasteiger partial charge in [0.25, 0.3) is 5.91 Å². The maximum atomic E-state index is 12.7. The van der Waals surface area contributed by atoms with Gasteiger partial charge < -0.3 is 20.1 Å². The summed E-state index contributed by atoms with van der Waals surface area (Å²) >= 11 is 0. The van der Waals surface area contributed by atoms with Crippen molar-refractivity contribution in [3.05, 3.63) is 103 Å². The Kier molecular flexibility index (Phi) is 6.22. The van der Waals surface area contributed by atoms with Crippen molar-refractivity contribution in [1.82, 2.24) is 19.8 Å². The van der Waals surface area contributed by atoms with Crippen LogP contribution >= 0.6 is 0 Å². The second kappa shape index (κ2) is 10.1. The van der Waals surface area contributed by atoms with Crippen molar-refractivity contribution in [3.63, 3.8) is 0 Å². The first-order chi connectivity index (χ1) is 19.1. The lowest BCUT2D eigenvalue weighted by molar-refractivity contribution is 0.102. The first-order valence-corrected chi connectivity index (χ1v) is 12.2. The summed E-state index contributed by atoms with van der Waals surface area (Å²) < 4.78 is 12.2. The van der Waals surface area contributed by atoms with Gasteiger partial charge in [0, 0.05) is 33.3 Å². The summed E-state index contributed by atoms with van der Waals surface area (Å²) in [6, 6.07) is 30.0. The molecule has 2 aromatic heterocycles. The Morgan fingerprint density at radius 1 is 0.744 bits per heavy atom. The summed E-state index contributed by atoms with van der Waals surface area (Å²) in [5.41, 5.74) is 3.53. The minimum atomic E-state index is -0.216. The number of fused-ring (bicyclic) bond motifs is 3. The number of nitrogens with zero attached hydrogens (tertiary/aromatic N) is 4. The topological polar surface area (TPSA) is 103 Å². The number of carbonyl (C=O) groups excluding carboxylic acids is 1. The highest BCUT2D eigenvalue weighted by molar-refractivity contribution is 6.05. The van der Waals surface area contributed by atoms with Gasteiger partial charge in [-0.2, -0.15) is 4.52 Å². The van der Waals surface area contributed by atoms with Crippen LogP contribution in [-0.2, 0) is 0 Å². The van der Waals surface area contributed by atoms with Crippen LogP contribution in [0.4, 0.5) is 17.2 Å². The van der Waals surface area contributed by atoms with Gasteiger partial charge in [-0.15, -0.1) is 15.3 Å². The Morgan fingerprint density at radius 3 is 2.21 bits per heavy atom. The van der Waals surface area contributed by atoms with Crippen molar-refractivity contribution in [2.24, 2.45) is 0 Å². The van der Waals surface area contributed by atoms with Crippen LogP contribution in [0.3, 0.4) is 0 Å². The summed E-state index contributed by atoms with van der Waals surface area (Å²) in [6.45, 7) is 0. The number of hydrogen-bond donors (Lipinski definition) is 2. The van der Waals surface area contributed by atoms with Gasteiger partial charge in [0.2, 0.25) is 0 Å². The van der Waals surface area contributed by atoms with Gasteiger partial charge in [-0.1, -0.05) is 30.3 Å². The molecule has 9 heteroatoms. The summed E-state index contributed by atoms with van der Waals surface area (Å²) in [6.07, 6.45) is 0. The third-order valence-corrected chi connectivity index (χ3v) is 6.35. The van der Waals surface area contributed by atoms with Gasteiger partial charge in [-0.25, -0.2) is 0 Å². The highest BCUT2D eigenvalue weighted by Gasteiger charge is 2.16. The number of ether oxygens (including phenoxy) is 2. The molecular weight excluding hydrogens is 492 g/mol. The number of carbonyl (C=O) groups is 1. The zero-order valence-corrected chi connectivity index (χ0v) is 21.3. The minimum absolute atomic E-state index is 0.216. The molecule has 0 atom stereocenters. The lowest BCUT2D eigenvalue weighted by atomic mass is 10.1. The lowest BCUT2D eigenvalue weighted by Crippen LogP contribution is -2.11. The number of anilines is 3. The van der Waals surface area contributed by atoms with E-state index in [0.717, 1.165) is 27.8 Å². The van der Waals surface area contributed by atoms with Crippen LogP contribution in [0.15, 0.2) is 97.1 Å². The number of hydrogen-bond acceptors (Lipinski definition) is 7. The molecule has 4 aromatic carbocycles. The predicted molar refractivity (Wildman–Crippen MR) is 151 cm³/mol. The molecule has 0 spiro atoms. The van der Waals surface area contributed by atoms with E-state index >= 15 is 0 Å². The molecule has 0 aliphatic heterocycles. The lowest BCUT2D eigenvalue weighted by Gasteiger charge is -2.12. The third-order valence-electron chi connectivity index (χ3n) is 6.35. The average molecular weight is 517 g/mol. The number of amides is 1. The Morgan fingerprint density at radius 2 is 1.46 bits per heavy atom. The van der Waals surface area contributed by atoms with Crippen LogP contribution in [0.5, 0.6) is 11.5 Å². The minimum Gasteiger partial charge on any atom is -0.497 e. The first-order valence-electron chi connectivity index (χ1n) is 12.2. The number of nitrogens with one attached hydrogen (secondary N) is 2. The van der Waals surface area contributed by atoms with Crippen LogP contribution in [0.2, 0.25) is 0 Å². The molecule has 0 fully saturated rings. The van der Waals surface area contributed by atoms with Crippen LogP contribution in [0, 0.1) is 0 Å². The molecule has 0 radical (unpaired) electrons. The molecule has 192 valence electrons. The van der Waals surface area contributed by atoms with Crippen molar-refractivity contribution >= 4 is 39.5 Å². The molecule has 0 bridgehead atoms. The molecular formula is C30H24N6O3. The van der Waals surface area contributed by atoms with E-state index in [1.54, 1.807) is 43.0 Å². The number of benzene rings is 4. The Balaban J connectivity index is 1.30. The highest BCUT2D eigenvalue weighted by atomic mass is 16.5.